The molecule has 0 saturated carbocycles. The molecular formula is C29H23N3O5S. The highest BCUT2D eigenvalue weighted by Gasteiger charge is 2.29. The summed E-state index contributed by atoms with van der Waals surface area (Å²) in [7, 11) is -3.82. The fourth-order valence-electron chi connectivity index (χ4n) is 4.20. The van der Waals surface area contributed by atoms with Gasteiger partial charge in [-0.05, 0) is 53.6 Å². The lowest BCUT2D eigenvalue weighted by molar-refractivity contribution is -0.136. The van der Waals surface area contributed by atoms with Gasteiger partial charge in [0, 0.05) is 22.6 Å². The van der Waals surface area contributed by atoms with E-state index in [-0.39, 0.29) is 17.2 Å². The summed E-state index contributed by atoms with van der Waals surface area (Å²) in [6.45, 7) is 0. The van der Waals surface area contributed by atoms with Gasteiger partial charge < -0.3 is 15.7 Å². The molecule has 0 unspecified atom stereocenters. The third-order valence-electron chi connectivity index (χ3n) is 5.96. The van der Waals surface area contributed by atoms with Crippen molar-refractivity contribution in [3.63, 3.8) is 0 Å². The molecule has 0 aliphatic carbocycles. The van der Waals surface area contributed by atoms with Gasteiger partial charge in [-0.3, -0.25) is 14.3 Å². The van der Waals surface area contributed by atoms with E-state index in [1.807, 2.05) is 30.3 Å². The van der Waals surface area contributed by atoms with Crippen LogP contribution in [-0.2, 0) is 26.0 Å². The van der Waals surface area contributed by atoms with Crippen molar-refractivity contribution in [3.8, 4) is 0 Å². The highest BCUT2D eigenvalue weighted by Crippen LogP contribution is 2.39. The monoisotopic (exact) mass is 525 g/mol. The Labute approximate surface area is 219 Å². The first-order chi connectivity index (χ1) is 18.3. The second kappa shape index (κ2) is 10.2. The second-order valence-electron chi connectivity index (χ2n) is 8.64. The largest absolute Gasteiger partial charge is 0.481 e. The van der Waals surface area contributed by atoms with E-state index in [9.17, 15) is 18.0 Å². The number of carboxylic acids is 1. The Bertz CT molecular complexity index is 1650. The minimum Gasteiger partial charge on any atom is -0.481 e. The quantitative estimate of drug-likeness (QED) is 0.239. The summed E-state index contributed by atoms with van der Waals surface area (Å²) in [5.41, 5.74) is 4.33. The number of benzene rings is 4. The van der Waals surface area contributed by atoms with Crippen molar-refractivity contribution in [1.29, 1.82) is 0 Å². The maximum Gasteiger partial charge on any atom is 0.307 e. The van der Waals surface area contributed by atoms with Crippen molar-refractivity contribution in [2.45, 2.75) is 11.3 Å². The summed E-state index contributed by atoms with van der Waals surface area (Å²) in [5, 5.41) is 15.2. The van der Waals surface area contributed by atoms with Crippen LogP contribution in [0.15, 0.2) is 108 Å². The maximum absolute atomic E-state index is 13.2. The van der Waals surface area contributed by atoms with Crippen molar-refractivity contribution in [3.05, 3.63) is 120 Å². The van der Waals surface area contributed by atoms with Crippen molar-refractivity contribution in [2.24, 2.45) is 0 Å². The summed E-state index contributed by atoms with van der Waals surface area (Å²) in [6.07, 6.45) is -0.0929. The fourth-order valence-corrected chi connectivity index (χ4v) is 5.27. The molecule has 1 aliphatic heterocycles. The number of nitrogens with one attached hydrogen (secondary N) is 3. The van der Waals surface area contributed by atoms with Gasteiger partial charge in [0.2, 0.25) is 0 Å². The molecule has 1 heterocycles. The Morgan fingerprint density at radius 1 is 0.816 bits per heavy atom. The summed E-state index contributed by atoms with van der Waals surface area (Å²) in [5.74, 6) is -1.26. The Balaban J connectivity index is 1.56. The van der Waals surface area contributed by atoms with Crippen LogP contribution in [-0.4, -0.2) is 25.4 Å². The predicted molar refractivity (Wildman–Crippen MR) is 147 cm³/mol. The van der Waals surface area contributed by atoms with Crippen LogP contribution in [0.3, 0.4) is 0 Å². The Morgan fingerprint density at radius 3 is 2.11 bits per heavy atom. The van der Waals surface area contributed by atoms with Gasteiger partial charge in [-0.2, -0.15) is 0 Å². The predicted octanol–water partition coefficient (Wildman–Crippen LogP) is 5.05. The van der Waals surface area contributed by atoms with Gasteiger partial charge in [0.1, 0.15) is 0 Å². The molecule has 5 rings (SSSR count). The van der Waals surface area contributed by atoms with Crippen LogP contribution in [0, 0.1) is 0 Å². The normalized spacial score (nSPS) is 13.8. The lowest BCUT2D eigenvalue weighted by atomic mass is 9.99. The summed E-state index contributed by atoms with van der Waals surface area (Å²) in [4.78, 5) is 24.4. The van der Waals surface area contributed by atoms with Gasteiger partial charge in [-0.1, -0.05) is 60.7 Å². The lowest BCUT2D eigenvalue weighted by Gasteiger charge is -2.15. The number of aliphatic carboxylic acids is 1. The Kier molecular flexibility index (Phi) is 6.68. The molecule has 1 amide bonds. The van der Waals surface area contributed by atoms with Gasteiger partial charge in [-0.15, -0.1) is 0 Å². The molecule has 4 N–H and O–H groups in total. The molecule has 0 aromatic heterocycles. The number of carbonyl (C=O) groups excluding carboxylic acids is 1. The number of anilines is 3. The van der Waals surface area contributed by atoms with Gasteiger partial charge in [0.25, 0.3) is 15.9 Å². The van der Waals surface area contributed by atoms with Crippen molar-refractivity contribution < 1.29 is 23.1 Å². The minimum absolute atomic E-state index is 0.0929. The molecule has 4 aromatic rings. The third kappa shape index (κ3) is 5.28. The van der Waals surface area contributed by atoms with Gasteiger partial charge in [0.05, 0.1) is 22.6 Å². The first-order valence-corrected chi connectivity index (χ1v) is 13.2. The number of hydrogen-bond acceptors (Lipinski definition) is 5. The summed E-state index contributed by atoms with van der Waals surface area (Å²) >= 11 is 0. The van der Waals surface area contributed by atoms with E-state index in [1.165, 1.54) is 12.1 Å². The molecule has 9 heteroatoms. The van der Waals surface area contributed by atoms with Crippen molar-refractivity contribution >= 4 is 50.2 Å². The number of rotatable bonds is 8. The second-order valence-corrected chi connectivity index (χ2v) is 10.3. The smallest absolute Gasteiger partial charge is 0.307 e. The van der Waals surface area contributed by atoms with Gasteiger partial charge in [0.15, 0.2) is 0 Å². The van der Waals surface area contributed by atoms with E-state index in [2.05, 4.69) is 15.4 Å². The molecule has 8 nitrogen and oxygen atoms in total. The van der Waals surface area contributed by atoms with Gasteiger partial charge >= 0.3 is 5.97 Å². The fraction of sp³-hybridized carbons (Fsp3) is 0.0345. The summed E-state index contributed by atoms with van der Waals surface area (Å²) in [6, 6.07) is 29.1. The molecule has 0 saturated heterocycles. The zero-order valence-corrected chi connectivity index (χ0v) is 20.8. The topological polar surface area (TPSA) is 125 Å². The first-order valence-electron chi connectivity index (χ1n) is 11.7. The highest BCUT2D eigenvalue weighted by atomic mass is 32.2. The van der Waals surface area contributed by atoms with Crippen LogP contribution in [0.5, 0.6) is 0 Å². The molecule has 1 aliphatic rings. The maximum atomic E-state index is 13.2. The van der Waals surface area contributed by atoms with E-state index < -0.39 is 16.0 Å². The van der Waals surface area contributed by atoms with Crippen molar-refractivity contribution in [1.82, 2.24) is 0 Å². The molecule has 0 bridgehead atoms. The average molecular weight is 526 g/mol. The van der Waals surface area contributed by atoms with Gasteiger partial charge in [-0.25, -0.2) is 8.42 Å². The molecule has 4 aromatic carbocycles. The van der Waals surface area contributed by atoms with Crippen LogP contribution in [0.2, 0.25) is 0 Å². The summed E-state index contributed by atoms with van der Waals surface area (Å²) < 4.78 is 28.4. The molecule has 190 valence electrons. The molecule has 0 atom stereocenters. The number of hydrogen-bond donors (Lipinski definition) is 4. The van der Waals surface area contributed by atoms with E-state index in [4.69, 9.17) is 5.11 Å². The third-order valence-corrected chi connectivity index (χ3v) is 7.36. The number of carboxylic acid groups (broad SMARTS) is 1. The van der Waals surface area contributed by atoms with Crippen molar-refractivity contribution in [2.75, 3.05) is 15.4 Å². The molecule has 38 heavy (non-hydrogen) atoms. The van der Waals surface area contributed by atoms with Crippen LogP contribution in [0.1, 0.15) is 16.7 Å². The average Bonchev–Trinajstić information content (AvgIpc) is 3.23. The van der Waals surface area contributed by atoms with Crippen LogP contribution in [0.4, 0.5) is 17.1 Å². The zero-order chi connectivity index (χ0) is 26.7. The molecule has 0 fully saturated rings. The van der Waals surface area contributed by atoms with Crippen LogP contribution < -0.4 is 15.4 Å². The van der Waals surface area contributed by atoms with Crippen LogP contribution in [0.25, 0.3) is 11.3 Å². The number of amides is 1. The molecule has 0 spiro atoms. The molecular weight excluding hydrogens is 502 g/mol. The number of fused-ring (bicyclic) bond motifs is 1. The number of carbonyl (C=O) groups is 2. The lowest BCUT2D eigenvalue weighted by Crippen LogP contribution is -2.13. The zero-order valence-electron chi connectivity index (χ0n) is 20.0. The van der Waals surface area contributed by atoms with E-state index in [0.717, 1.165) is 5.56 Å². The van der Waals surface area contributed by atoms with E-state index >= 15 is 0 Å². The minimum atomic E-state index is -3.82. The standard InChI is InChI=1S/C29H23N3O5S/c33-26(34)17-19-11-13-21(14-12-19)30-28(20-7-3-1-4-8-20)27-24-18-22(15-16-25(24)31-29(27)35)32-38(36,37)23-9-5-2-6-10-23/h1-16,18,30,32H,17H2,(H,31,35)(H,33,34)/b28-27-. The molecule has 0 radical (unpaired) electrons. The first kappa shape index (κ1) is 24.8. The Morgan fingerprint density at radius 2 is 1.45 bits per heavy atom. The number of sulfonamides is 1. The van der Waals surface area contributed by atoms with E-state index in [1.54, 1.807) is 60.7 Å². The van der Waals surface area contributed by atoms with E-state index in [0.29, 0.717) is 39.5 Å². The Hall–Kier alpha value is -4.89. The van der Waals surface area contributed by atoms with Crippen LogP contribution >= 0.6 is 0 Å². The highest BCUT2D eigenvalue weighted by molar-refractivity contribution is 7.92. The SMILES string of the molecule is O=C(O)Cc1ccc(N/C(=C2\C(=O)Nc3ccc(NS(=O)(=O)c4ccccc4)cc32)c2ccccc2)cc1.